The van der Waals surface area contributed by atoms with Gasteiger partial charge in [0.25, 0.3) is 5.91 Å². The Morgan fingerprint density at radius 1 is 1.07 bits per heavy atom. The van der Waals surface area contributed by atoms with Crippen LogP contribution in [0.1, 0.15) is 26.4 Å². The second-order valence-electron chi connectivity index (χ2n) is 6.28. The number of rotatable bonds is 7. The molecule has 148 valence electrons. The van der Waals surface area contributed by atoms with Crippen molar-refractivity contribution in [1.29, 1.82) is 0 Å². The van der Waals surface area contributed by atoms with Gasteiger partial charge in [-0.15, -0.1) is 0 Å². The Morgan fingerprint density at radius 2 is 1.83 bits per heavy atom. The van der Waals surface area contributed by atoms with Gasteiger partial charge in [-0.2, -0.15) is 0 Å². The van der Waals surface area contributed by atoms with Crippen LogP contribution in [-0.2, 0) is 11.2 Å². The number of aromatic nitrogens is 3. The van der Waals surface area contributed by atoms with Crippen molar-refractivity contribution in [3.63, 3.8) is 0 Å². The molecule has 29 heavy (non-hydrogen) atoms. The van der Waals surface area contributed by atoms with E-state index < -0.39 is 11.9 Å². The number of hydrogen-bond acceptors (Lipinski definition) is 7. The van der Waals surface area contributed by atoms with Gasteiger partial charge in [0, 0.05) is 26.0 Å². The van der Waals surface area contributed by atoms with Crippen molar-refractivity contribution < 1.29 is 14.3 Å². The molecule has 0 spiro atoms. The number of benzene rings is 1. The Bertz CT molecular complexity index is 977. The van der Waals surface area contributed by atoms with Gasteiger partial charge in [-0.1, -0.05) is 12.1 Å². The van der Waals surface area contributed by atoms with Crippen LogP contribution < -0.4 is 10.2 Å². The van der Waals surface area contributed by atoms with Gasteiger partial charge in [0.2, 0.25) is 0 Å². The van der Waals surface area contributed by atoms with Crippen LogP contribution in [0.25, 0.3) is 0 Å². The maximum Gasteiger partial charge on any atom is 0.339 e. The minimum Gasteiger partial charge on any atom is -0.465 e. The predicted octanol–water partition coefficient (Wildman–Crippen LogP) is 2.59. The van der Waals surface area contributed by atoms with Crippen molar-refractivity contribution in [2.24, 2.45) is 0 Å². The first kappa shape index (κ1) is 19.9. The number of amides is 1. The molecule has 0 saturated carbocycles. The lowest BCUT2D eigenvalue weighted by Crippen LogP contribution is -2.22. The number of pyridine rings is 1. The molecule has 0 aliphatic rings. The number of nitrogens with one attached hydrogen (secondary N) is 1. The number of nitrogens with zero attached hydrogens (tertiary/aromatic N) is 4. The third kappa shape index (κ3) is 5.13. The Kier molecular flexibility index (Phi) is 6.47. The summed E-state index contributed by atoms with van der Waals surface area (Å²) in [5.74, 6) is -0.330. The summed E-state index contributed by atoms with van der Waals surface area (Å²) in [4.78, 5) is 38.8. The van der Waals surface area contributed by atoms with Crippen LogP contribution in [0, 0.1) is 0 Å². The molecule has 0 radical (unpaired) electrons. The quantitative estimate of drug-likeness (QED) is 0.618. The third-order valence-electron chi connectivity index (χ3n) is 4.33. The van der Waals surface area contributed by atoms with Gasteiger partial charge in [-0.25, -0.2) is 14.8 Å². The molecule has 2 heterocycles. The summed E-state index contributed by atoms with van der Waals surface area (Å²) in [6.07, 6.45) is 7.33. The van der Waals surface area contributed by atoms with E-state index in [4.69, 9.17) is 4.74 Å². The average Bonchev–Trinajstić information content (AvgIpc) is 2.78. The van der Waals surface area contributed by atoms with Crippen LogP contribution >= 0.6 is 0 Å². The van der Waals surface area contributed by atoms with Gasteiger partial charge in [-0.3, -0.25) is 9.78 Å². The summed E-state index contributed by atoms with van der Waals surface area (Å²) in [7, 11) is 3.20. The summed E-state index contributed by atoms with van der Waals surface area (Å²) in [6.45, 7) is 0.747. The fraction of sp³-hybridized carbons (Fsp3) is 0.190. The van der Waals surface area contributed by atoms with Gasteiger partial charge in [-0.05, 0) is 36.2 Å². The lowest BCUT2D eigenvalue weighted by Gasteiger charge is -2.17. The Morgan fingerprint density at radius 3 is 2.52 bits per heavy atom. The van der Waals surface area contributed by atoms with E-state index in [0.29, 0.717) is 11.5 Å². The number of ether oxygens (including phenoxy) is 1. The van der Waals surface area contributed by atoms with Crippen molar-refractivity contribution in [2.75, 3.05) is 30.9 Å². The van der Waals surface area contributed by atoms with Gasteiger partial charge < -0.3 is 15.0 Å². The maximum atomic E-state index is 12.5. The number of likely N-dealkylation sites (N-methyl/N-ethyl adjacent to an activating group) is 1. The largest absolute Gasteiger partial charge is 0.465 e. The van der Waals surface area contributed by atoms with Crippen LogP contribution in [-0.4, -0.2) is 47.5 Å². The minimum atomic E-state index is -0.529. The zero-order valence-corrected chi connectivity index (χ0v) is 16.2. The first-order chi connectivity index (χ1) is 14.1. The molecule has 0 aliphatic carbocycles. The third-order valence-corrected chi connectivity index (χ3v) is 4.33. The molecule has 0 saturated heterocycles. The molecule has 1 aromatic carbocycles. The van der Waals surface area contributed by atoms with E-state index >= 15 is 0 Å². The van der Waals surface area contributed by atoms with Crippen LogP contribution in [0.4, 0.5) is 11.5 Å². The molecule has 2 aromatic heterocycles. The van der Waals surface area contributed by atoms with Crippen molar-refractivity contribution in [1.82, 2.24) is 15.0 Å². The molecular weight excluding hydrogens is 370 g/mol. The highest BCUT2D eigenvalue weighted by Gasteiger charge is 2.15. The second kappa shape index (κ2) is 9.41. The van der Waals surface area contributed by atoms with E-state index in [-0.39, 0.29) is 11.3 Å². The fourth-order valence-electron chi connectivity index (χ4n) is 2.66. The first-order valence-corrected chi connectivity index (χ1v) is 8.99. The summed E-state index contributed by atoms with van der Waals surface area (Å²) in [5, 5.41) is 2.68. The number of carbonyl (C=O) groups is 2. The highest BCUT2D eigenvalue weighted by atomic mass is 16.5. The number of carbonyl (C=O) groups excluding carboxylic acids is 2. The molecule has 8 nitrogen and oxygen atoms in total. The number of para-hydroxylation sites is 1. The first-order valence-electron chi connectivity index (χ1n) is 8.99. The molecule has 3 aromatic rings. The fourth-order valence-corrected chi connectivity index (χ4v) is 2.66. The summed E-state index contributed by atoms with van der Waals surface area (Å²) in [6, 6.07) is 10.6. The van der Waals surface area contributed by atoms with E-state index in [1.54, 1.807) is 42.9 Å². The Labute approximate surface area is 168 Å². The highest BCUT2D eigenvalue weighted by Crippen LogP contribution is 2.17. The van der Waals surface area contributed by atoms with E-state index in [1.807, 2.05) is 24.1 Å². The zero-order chi connectivity index (χ0) is 20.6. The number of hydrogen-bond donors (Lipinski definition) is 1. The van der Waals surface area contributed by atoms with E-state index in [1.165, 1.54) is 18.9 Å². The molecule has 1 amide bonds. The molecule has 0 unspecified atom stereocenters. The molecule has 1 N–H and O–H groups in total. The van der Waals surface area contributed by atoms with E-state index in [2.05, 4.69) is 20.3 Å². The molecule has 0 atom stereocenters. The van der Waals surface area contributed by atoms with Crippen molar-refractivity contribution in [3.8, 4) is 0 Å². The van der Waals surface area contributed by atoms with Crippen LogP contribution in [0.5, 0.6) is 0 Å². The van der Waals surface area contributed by atoms with Crippen LogP contribution in [0.3, 0.4) is 0 Å². The molecule has 0 fully saturated rings. The van der Waals surface area contributed by atoms with Crippen molar-refractivity contribution >= 4 is 23.4 Å². The van der Waals surface area contributed by atoms with E-state index in [9.17, 15) is 9.59 Å². The second-order valence-corrected chi connectivity index (χ2v) is 6.28. The molecular formula is C21H21N5O3. The van der Waals surface area contributed by atoms with Crippen molar-refractivity contribution in [3.05, 3.63) is 78.0 Å². The molecule has 3 rings (SSSR count). The Balaban J connectivity index is 1.64. The lowest BCUT2D eigenvalue weighted by molar-refractivity contribution is 0.0602. The highest BCUT2D eigenvalue weighted by molar-refractivity contribution is 6.06. The number of anilines is 2. The summed E-state index contributed by atoms with van der Waals surface area (Å²) >= 11 is 0. The number of methoxy groups -OCH3 is 1. The van der Waals surface area contributed by atoms with Crippen LogP contribution in [0.2, 0.25) is 0 Å². The van der Waals surface area contributed by atoms with Gasteiger partial charge in [0.05, 0.1) is 30.8 Å². The SMILES string of the molecule is COC(=O)c1ccccc1NC(=O)c1cnc(N(C)CCc2ccncc2)cn1. The van der Waals surface area contributed by atoms with Gasteiger partial charge in [0.1, 0.15) is 11.5 Å². The lowest BCUT2D eigenvalue weighted by atomic mass is 10.1. The normalized spacial score (nSPS) is 10.3. The summed E-state index contributed by atoms with van der Waals surface area (Å²) < 4.78 is 4.73. The van der Waals surface area contributed by atoms with Gasteiger partial charge >= 0.3 is 5.97 Å². The van der Waals surface area contributed by atoms with Gasteiger partial charge in [0.15, 0.2) is 0 Å². The van der Waals surface area contributed by atoms with Crippen molar-refractivity contribution in [2.45, 2.75) is 6.42 Å². The standard InChI is InChI=1S/C21H21N5O3/c1-26(12-9-15-7-10-22-11-8-15)19-14-23-18(13-24-19)20(27)25-17-6-4-3-5-16(17)21(28)29-2/h3-8,10-11,13-14H,9,12H2,1-2H3,(H,25,27). The summed E-state index contributed by atoms with van der Waals surface area (Å²) in [5.41, 5.74) is 1.95. The molecule has 8 heteroatoms. The Hall–Kier alpha value is -3.81. The topological polar surface area (TPSA) is 97.3 Å². The van der Waals surface area contributed by atoms with E-state index in [0.717, 1.165) is 13.0 Å². The molecule has 0 aliphatic heterocycles. The number of esters is 1. The smallest absolute Gasteiger partial charge is 0.339 e. The maximum absolute atomic E-state index is 12.5. The molecule has 0 bridgehead atoms. The monoisotopic (exact) mass is 391 g/mol. The minimum absolute atomic E-state index is 0.149. The zero-order valence-electron chi connectivity index (χ0n) is 16.2. The predicted molar refractivity (Wildman–Crippen MR) is 109 cm³/mol. The average molecular weight is 391 g/mol. The van der Waals surface area contributed by atoms with Crippen LogP contribution in [0.15, 0.2) is 61.2 Å².